The molecule has 0 fully saturated rings. The number of amides is 1. The van der Waals surface area contributed by atoms with Gasteiger partial charge in [-0.05, 0) is 30.3 Å². The fourth-order valence-electron chi connectivity index (χ4n) is 1.99. The van der Waals surface area contributed by atoms with Gasteiger partial charge in [-0.2, -0.15) is 0 Å². The maximum Gasteiger partial charge on any atom is 0.221 e. The first kappa shape index (κ1) is 16.3. The summed E-state index contributed by atoms with van der Waals surface area (Å²) in [7, 11) is 0. The Balaban J connectivity index is 2.15. The van der Waals surface area contributed by atoms with E-state index in [0.29, 0.717) is 40.2 Å². The van der Waals surface area contributed by atoms with Crippen molar-refractivity contribution in [3.63, 3.8) is 0 Å². The molecule has 4 nitrogen and oxygen atoms in total. The zero-order chi connectivity index (χ0) is 15.6. The highest BCUT2D eigenvalue weighted by molar-refractivity contribution is 7.71. The minimum Gasteiger partial charge on any atom is -0.356 e. The van der Waals surface area contributed by atoms with E-state index in [4.69, 9.17) is 35.4 Å². The molecule has 0 aliphatic heterocycles. The predicted octanol–water partition coefficient (Wildman–Crippen LogP) is 4.17. The maximum atomic E-state index is 11.8. The first-order valence-corrected chi connectivity index (χ1v) is 7.89. The summed E-state index contributed by atoms with van der Waals surface area (Å²) in [6.45, 7) is 5.30. The number of carbonyl (C=O) groups excluding carboxylic acids is 1. The highest BCUT2D eigenvalue weighted by atomic mass is 35.5. The number of hydrogen-bond donors (Lipinski definition) is 2. The van der Waals surface area contributed by atoms with Gasteiger partial charge < -0.3 is 14.9 Å². The van der Waals surface area contributed by atoms with E-state index in [2.05, 4.69) is 24.1 Å². The molecule has 2 N–H and O–H groups in total. The van der Waals surface area contributed by atoms with E-state index < -0.39 is 0 Å². The van der Waals surface area contributed by atoms with Gasteiger partial charge in [0.05, 0.1) is 21.1 Å². The van der Waals surface area contributed by atoms with Crippen LogP contribution in [-0.2, 0) is 11.3 Å². The van der Waals surface area contributed by atoms with Crippen LogP contribution in [0.2, 0.25) is 10.0 Å². The van der Waals surface area contributed by atoms with Crippen LogP contribution in [0.25, 0.3) is 11.0 Å². The van der Waals surface area contributed by atoms with Crippen LogP contribution in [0.1, 0.15) is 20.3 Å². The Bertz CT molecular complexity index is 721. The minimum absolute atomic E-state index is 0.0139. The molecule has 0 radical (unpaired) electrons. The summed E-state index contributed by atoms with van der Waals surface area (Å²) in [5.74, 6) is 0.449. The van der Waals surface area contributed by atoms with Crippen molar-refractivity contribution in [2.45, 2.75) is 26.8 Å². The molecule has 1 amide bonds. The Morgan fingerprint density at radius 3 is 2.71 bits per heavy atom. The number of benzene rings is 1. The molecule has 0 unspecified atom stereocenters. The lowest BCUT2D eigenvalue weighted by atomic mass is 10.2. The number of aromatic amines is 1. The van der Waals surface area contributed by atoms with E-state index in [-0.39, 0.29) is 5.91 Å². The number of fused-ring (bicyclic) bond motifs is 1. The summed E-state index contributed by atoms with van der Waals surface area (Å²) in [6.07, 6.45) is 0.369. The summed E-state index contributed by atoms with van der Waals surface area (Å²) >= 11 is 17.3. The number of aromatic nitrogens is 2. The van der Waals surface area contributed by atoms with Gasteiger partial charge >= 0.3 is 0 Å². The van der Waals surface area contributed by atoms with Crippen LogP contribution in [0.5, 0.6) is 0 Å². The molecule has 2 aromatic rings. The van der Waals surface area contributed by atoms with Gasteiger partial charge in [-0.1, -0.05) is 37.0 Å². The Hall–Kier alpha value is -1.04. The average Bonchev–Trinajstić information content (AvgIpc) is 2.70. The third kappa shape index (κ3) is 3.99. The molecule has 114 valence electrons. The van der Waals surface area contributed by atoms with Crippen molar-refractivity contribution in [2.75, 3.05) is 6.54 Å². The summed E-state index contributed by atoms with van der Waals surface area (Å²) in [5.41, 5.74) is 1.67. The lowest BCUT2D eigenvalue weighted by Gasteiger charge is -2.08. The highest BCUT2D eigenvalue weighted by Gasteiger charge is 2.10. The van der Waals surface area contributed by atoms with Crippen LogP contribution in [0.3, 0.4) is 0 Å². The van der Waals surface area contributed by atoms with Crippen molar-refractivity contribution >= 4 is 52.4 Å². The molecule has 0 bridgehead atoms. The maximum absolute atomic E-state index is 11.8. The highest BCUT2D eigenvalue weighted by Crippen LogP contribution is 2.27. The Kier molecular flexibility index (Phi) is 5.30. The van der Waals surface area contributed by atoms with Crippen LogP contribution < -0.4 is 5.32 Å². The molecule has 1 heterocycles. The SMILES string of the molecule is CC(C)CNC(=O)CCn1c(=S)[nH]c2cc(Cl)c(Cl)cc21. The summed E-state index contributed by atoms with van der Waals surface area (Å²) < 4.78 is 2.42. The second-order valence-corrected chi connectivity index (χ2v) is 6.51. The number of imidazole rings is 1. The van der Waals surface area contributed by atoms with Crippen molar-refractivity contribution < 1.29 is 4.79 Å². The van der Waals surface area contributed by atoms with Crippen molar-refractivity contribution in [1.82, 2.24) is 14.9 Å². The molecule has 0 aliphatic carbocycles. The molecule has 2 rings (SSSR count). The second kappa shape index (κ2) is 6.81. The molecule has 1 aromatic carbocycles. The number of aryl methyl sites for hydroxylation is 1. The fourth-order valence-corrected chi connectivity index (χ4v) is 2.61. The predicted molar refractivity (Wildman–Crippen MR) is 89.6 cm³/mol. The van der Waals surface area contributed by atoms with Crippen LogP contribution in [0.4, 0.5) is 0 Å². The number of nitrogens with one attached hydrogen (secondary N) is 2. The van der Waals surface area contributed by atoms with E-state index in [1.165, 1.54) is 0 Å². The number of halogens is 2. The summed E-state index contributed by atoms with van der Waals surface area (Å²) in [5, 5.41) is 3.83. The Morgan fingerprint density at radius 2 is 2.05 bits per heavy atom. The summed E-state index contributed by atoms with van der Waals surface area (Å²) in [4.78, 5) is 14.9. The normalized spacial score (nSPS) is 11.3. The Labute approximate surface area is 138 Å². The van der Waals surface area contributed by atoms with Crippen LogP contribution in [0, 0.1) is 10.7 Å². The van der Waals surface area contributed by atoms with E-state index in [9.17, 15) is 4.79 Å². The van der Waals surface area contributed by atoms with Gasteiger partial charge in [0, 0.05) is 19.5 Å². The number of rotatable bonds is 5. The number of H-pyrrole nitrogens is 1. The van der Waals surface area contributed by atoms with E-state index in [1.54, 1.807) is 12.1 Å². The first-order valence-electron chi connectivity index (χ1n) is 6.72. The molecule has 0 atom stereocenters. The van der Waals surface area contributed by atoms with Gasteiger partial charge in [-0.15, -0.1) is 0 Å². The van der Waals surface area contributed by atoms with Gasteiger partial charge in [-0.25, -0.2) is 0 Å². The molecule has 0 saturated carbocycles. The van der Waals surface area contributed by atoms with Gasteiger partial charge in [0.1, 0.15) is 0 Å². The second-order valence-electron chi connectivity index (χ2n) is 5.31. The monoisotopic (exact) mass is 345 g/mol. The number of hydrogen-bond acceptors (Lipinski definition) is 2. The van der Waals surface area contributed by atoms with Crippen LogP contribution in [0.15, 0.2) is 12.1 Å². The molecule has 0 spiro atoms. The van der Waals surface area contributed by atoms with Crippen LogP contribution in [-0.4, -0.2) is 22.0 Å². The average molecular weight is 346 g/mol. The zero-order valence-corrected chi connectivity index (χ0v) is 14.2. The van der Waals surface area contributed by atoms with Gasteiger partial charge in [-0.3, -0.25) is 4.79 Å². The van der Waals surface area contributed by atoms with Crippen molar-refractivity contribution in [1.29, 1.82) is 0 Å². The van der Waals surface area contributed by atoms with Gasteiger partial charge in [0.2, 0.25) is 5.91 Å². The van der Waals surface area contributed by atoms with Gasteiger partial charge in [0.25, 0.3) is 0 Å². The van der Waals surface area contributed by atoms with Crippen molar-refractivity contribution in [3.8, 4) is 0 Å². The molecule has 7 heteroatoms. The largest absolute Gasteiger partial charge is 0.356 e. The van der Waals surface area contributed by atoms with Crippen molar-refractivity contribution in [2.24, 2.45) is 5.92 Å². The van der Waals surface area contributed by atoms with Crippen molar-refractivity contribution in [3.05, 3.63) is 26.9 Å². The van der Waals surface area contributed by atoms with E-state index >= 15 is 0 Å². The molecular formula is C14H17Cl2N3OS. The topological polar surface area (TPSA) is 49.8 Å². The number of carbonyl (C=O) groups is 1. The minimum atomic E-state index is 0.0139. The smallest absolute Gasteiger partial charge is 0.221 e. The van der Waals surface area contributed by atoms with Gasteiger partial charge in [0.15, 0.2) is 4.77 Å². The fraction of sp³-hybridized carbons (Fsp3) is 0.429. The molecule has 0 aliphatic rings. The van der Waals surface area contributed by atoms with Crippen LogP contribution >= 0.6 is 35.4 Å². The third-order valence-corrected chi connectivity index (χ3v) is 4.13. The molecule has 1 aromatic heterocycles. The molecule has 0 saturated heterocycles. The third-order valence-electron chi connectivity index (χ3n) is 3.09. The zero-order valence-electron chi connectivity index (χ0n) is 11.9. The standard InChI is InChI=1S/C14H17Cl2N3OS/c1-8(2)7-17-13(20)3-4-19-12-6-10(16)9(15)5-11(12)18-14(19)21/h5-6,8H,3-4,7H2,1-2H3,(H,17,20)(H,18,21). The lowest BCUT2D eigenvalue weighted by molar-refractivity contribution is -0.121. The van der Waals surface area contributed by atoms with E-state index in [1.807, 2.05) is 4.57 Å². The number of nitrogens with zero attached hydrogens (tertiary/aromatic N) is 1. The first-order chi connectivity index (χ1) is 9.88. The summed E-state index contributed by atoms with van der Waals surface area (Å²) in [6, 6.07) is 3.50. The molecule has 21 heavy (non-hydrogen) atoms. The molecular weight excluding hydrogens is 329 g/mol. The lowest BCUT2D eigenvalue weighted by Crippen LogP contribution is -2.28. The quantitative estimate of drug-likeness (QED) is 0.799. The Morgan fingerprint density at radius 1 is 1.38 bits per heavy atom. The van der Waals surface area contributed by atoms with E-state index in [0.717, 1.165) is 11.0 Å².